The number of carboxylic acid groups (broad SMARTS) is 1. The van der Waals surface area contributed by atoms with Crippen molar-refractivity contribution in [2.24, 2.45) is 5.73 Å². The van der Waals surface area contributed by atoms with E-state index < -0.39 is 28.1 Å². The number of nitrogens with zero attached hydrogens (tertiary/aromatic N) is 1. The Labute approximate surface area is 106 Å². The van der Waals surface area contributed by atoms with Crippen LogP contribution in [-0.2, 0) is 19.8 Å². The molecule has 0 heterocycles. The third-order valence-electron chi connectivity index (χ3n) is 2.31. The molecule has 1 amide bonds. The lowest BCUT2D eigenvalue weighted by molar-refractivity contribution is -0.139. The molecule has 0 spiro atoms. The standard InChI is InChI=1S/C9H19N3O5S/c1-3-12(4-2)18(16,17)11-7(9(14)15)5-6-8(10)13/h7,11H,3-6H2,1-2H3,(H2,10,13)(H,14,15)/t7-/m1/s1. The van der Waals surface area contributed by atoms with E-state index >= 15 is 0 Å². The highest BCUT2D eigenvalue weighted by Gasteiger charge is 2.27. The molecule has 9 heteroatoms. The maximum atomic E-state index is 11.8. The van der Waals surface area contributed by atoms with Gasteiger partial charge in [-0.2, -0.15) is 17.4 Å². The van der Waals surface area contributed by atoms with Gasteiger partial charge in [0.15, 0.2) is 0 Å². The Morgan fingerprint density at radius 1 is 1.33 bits per heavy atom. The molecule has 0 fully saturated rings. The summed E-state index contributed by atoms with van der Waals surface area (Å²) >= 11 is 0. The molecule has 0 aromatic carbocycles. The van der Waals surface area contributed by atoms with E-state index in [1.165, 1.54) is 0 Å². The number of carboxylic acids is 1. The van der Waals surface area contributed by atoms with Crippen LogP contribution in [-0.4, -0.2) is 48.8 Å². The largest absolute Gasteiger partial charge is 0.480 e. The second kappa shape index (κ2) is 7.29. The molecule has 0 radical (unpaired) electrons. The molecule has 4 N–H and O–H groups in total. The van der Waals surface area contributed by atoms with Gasteiger partial charge >= 0.3 is 5.97 Å². The smallest absolute Gasteiger partial charge is 0.321 e. The van der Waals surface area contributed by atoms with Crippen molar-refractivity contribution in [1.29, 1.82) is 0 Å². The van der Waals surface area contributed by atoms with Gasteiger partial charge in [-0.25, -0.2) is 0 Å². The Kier molecular flexibility index (Phi) is 6.81. The van der Waals surface area contributed by atoms with E-state index in [0.717, 1.165) is 4.31 Å². The fourth-order valence-electron chi connectivity index (χ4n) is 1.34. The molecule has 8 nitrogen and oxygen atoms in total. The van der Waals surface area contributed by atoms with Gasteiger partial charge < -0.3 is 10.8 Å². The molecule has 0 aromatic heterocycles. The number of hydrogen-bond acceptors (Lipinski definition) is 4. The van der Waals surface area contributed by atoms with E-state index in [4.69, 9.17) is 10.8 Å². The Morgan fingerprint density at radius 3 is 2.17 bits per heavy atom. The number of rotatable bonds is 9. The molecule has 0 saturated heterocycles. The number of aliphatic carboxylic acids is 1. The van der Waals surface area contributed by atoms with Crippen LogP contribution in [0.5, 0.6) is 0 Å². The van der Waals surface area contributed by atoms with Crippen LogP contribution in [0, 0.1) is 0 Å². The second-order valence-corrected chi connectivity index (χ2v) is 5.31. The van der Waals surface area contributed by atoms with E-state index in [1.54, 1.807) is 13.8 Å². The van der Waals surface area contributed by atoms with Crippen LogP contribution >= 0.6 is 0 Å². The second-order valence-electron chi connectivity index (χ2n) is 3.60. The lowest BCUT2D eigenvalue weighted by Gasteiger charge is -2.21. The molecule has 0 saturated carbocycles. The molecule has 0 aliphatic heterocycles. The minimum Gasteiger partial charge on any atom is -0.480 e. The number of carbonyl (C=O) groups is 2. The highest BCUT2D eigenvalue weighted by atomic mass is 32.2. The Balaban J connectivity index is 4.77. The highest BCUT2D eigenvalue weighted by Crippen LogP contribution is 2.03. The number of hydrogen-bond donors (Lipinski definition) is 3. The quantitative estimate of drug-likeness (QED) is 0.493. The summed E-state index contributed by atoms with van der Waals surface area (Å²) in [6.07, 6.45) is -0.372. The summed E-state index contributed by atoms with van der Waals surface area (Å²) in [7, 11) is -3.86. The number of carbonyl (C=O) groups excluding carboxylic acids is 1. The zero-order valence-corrected chi connectivity index (χ0v) is 11.2. The summed E-state index contributed by atoms with van der Waals surface area (Å²) in [4.78, 5) is 21.5. The van der Waals surface area contributed by atoms with Gasteiger partial charge in [0, 0.05) is 19.5 Å². The van der Waals surface area contributed by atoms with Gasteiger partial charge in [-0.1, -0.05) is 13.8 Å². The summed E-state index contributed by atoms with van der Waals surface area (Å²) in [6, 6.07) is -1.36. The SMILES string of the molecule is CCN(CC)S(=O)(=O)N[C@H](CCC(N)=O)C(=O)O. The summed E-state index contributed by atoms with van der Waals surface area (Å²) in [5.41, 5.74) is 4.90. The predicted molar refractivity (Wildman–Crippen MR) is 64.8 cm³/mol. The third-order valence-corrected chi connectivity index (χ3v) is 4.09. The van der Waals surface area contributed by atoms with Gasteiger partial charge in [0.25, 0.3) is 10.2 Å². The van der Waals surface area contributed by atoms with Crippen molar-refractivity contribution in [3.63, 3.8) is 0 Å². The minimum atomic E-state index is -3.86. The highest BCUT2D eigenvalue weighted by molar-refractivity contribution is 7.87. The van der Waals surface area contributed by atoms with Crippen LogP contribution in [0.4, 0.5) is 0 Å². The zero-order chi connectivity index (χ0) is 14.3. The van der Waals surface area contributed by atoms with Gasteiger partial charge in [-0.3, -0.25) is 9.59 Å². The van der Waals surface area contributed by atoms with E-state index in [2.05, 4.69) is 0 Å². The molecule has 0 bridgehead atoms. The van der Waals surface area contributed by atoms with E-state index in [0.29, 0.717) is 0 Å². The van der Waals surface area contributed by atoms with Crippen LogP contribution in [0.2, 0.25) is 0 Å². The Bertz CT molecular complexity index is 391. The average Bonchev–Trinajstić information content (AvgIpc) is 2.24. The van der Waals surface area contributed by atoms with Gasteiger partial charge in [-0.15, -0.1) is 0 Å². The molecule has 0 unspecified atom stereocenters. The number of nitrogens with two attached hydrogens (primary N) is 1. The first-order chi connectivity index (χ1) is 8.24. The molecule has 0 rings (SSSR count). The maximum absolute atomic E-state index is 11.8. The predicted octanol–water partition coefficient (Wildman–Crippen LogP) is -1.12. The molecule has 0 aliphatic carbocycles. The molecule has 1 atom stereocenters. The summed E-state index contributed by atoms with van der Waals surface area (Å²) in [5, 5.41) is 8.88. The average molecular weight is 281 g/mol. The first kappa shape index (κ1) is 16.8. The van der Waals surface area contributed by atoms with E-state index in [-0.39, 0.29) is 25.9 Å². The van der Waals surface area contributed by atoms with Crippen molar-refractivity contribution in [1.82, 2.24) is 9.03 Å². The lowest BCUT2D eigenvalue weighted by atomic mass is 10.2. The summed E-state index contributed by atoms with van der Waals surface area (Å²) in [6.45, 7) is 3.74. The third kappa shape index (κ3) is 5.43. The number of nitrogens with one attached hydrogen (secondary N) is 1. The molecule has 18 heavy (non-hydrogen) atoms. The van der Waals surface area contributed by atoms with Crippen molar-refractivity contribution in [3.8, 4) is 0 Å². The van der Waals surface area contributed by atoms with Crippen molar-refractivity contribution < 1.29 is 23.1 Å². The maximum Gasteiger partial charge on any atom is 0.321 e. The normalized spacial score (nSPS) is 13.5. The van der Waals surface area contributed by atoms with Crippen LogP contribution in [0.1, 0.15) is 26.7 Å². The topological polar surface area (TPSA) is 130 Å². The first-order valence-electron chi connectivity index (χ1n) is 5.53. The van der Waals surface area contributed by atoms with Crippen molar-refractivity contribution in [2.75, 3.05) is 13.1 Å². The number of primary amides is 1. The zero-order valence-electron chi connectivity index (χ0n) is 10.4. The van der Waals surface area contributed by atoms with Crippen LogP contribution in [0.3, 0.4) is 0 Å². The van der Waals surface area contributed by atoms with Gasteiger partial charge in [0.1, 0.15) is 6.04 Å². The Hall–Kier alpha value is -1.19. The van der Waals surface area contributed by atoms with Crippen LogP contribution < -0.4 is 10.5 Å². The molecule has 106 valence electrons. The Morgan fingerprint density at radius 2 is 1.83 bits per heavy atom. The number of amides is 1. The fraction of sp³-hybridized carbons (Fsp3) is 0.778. The van der Waals surface area contributed by atoms with Crippen molar-refractivity contribution in [3.05, 3.63) is 0 Å². The first-order valence-corrected chi connectivity index (χ1v) is 6.97. The van der Waals surface area contributed by atoms with Crippen molar-refractivity contribution in [2.45, 2.75) is 32.7 Å². The van der Waals surface area contributed by atoms with Crippen LogP contribution in [0.25, 0.3) is 0 Å². The molecular formula is C9H19N3O5S. The summed E-state index contributed by atoms with van der Waals surface area (Å²) in [5.74, 6) is -2.02. The summed E-state index contributed by atoms with van der Waals surface area (Å²) < 4.78 is 26.7. The van der Waals surface area contributed by atoms with E-state index in [1.807, 2.05) is 4.72 Å². The molecule has 0 aromatic rings. The molecular weight excluding hydrogens is 262 g/mol. The lowest BCUT2D eigenvalue weighted by Crippen LogP contribution is -2.48. The minimum absolute atomic E-state index is 0.175. The van der Waals surface area contributed by atoms with Crippen molar-refractivity contribution >= 4 is 22.1 Å². The fourth-order valence-corrected chi connectivity index (χ4v) is 2.74. The van der Waals surface area contributed by atoms with Gasteiger partial charge in [-0.05, 0) is 6.42 Å². The van der Waals surface area contributed by atoms with Gasteiger partial charge in [0.05, 0.1) is 0 Å². The van der Waals surface area contributed by atoms with E-state index in [9.17, 15) is 18.0 Å². The monoisotopic (exact) mass is 281 g/mol. The van der Waals surface area contributed by atoms with Gasteiger partial charge in [0.2, 0.25) is 5.91 Å². The molecule has 0 aliphatic rings. The van der Waals surface area contributed by atoms with Crippen LogP contribution in [0.15, 0.2) is 0 Å².